The summed E-state index contributed by atoms with van der Waals surface area (Å²) in [7, 11) is -3.00. The molecule has 1 amide bonds. The lowest BCUT2D eigenvalue weighted by atomic mass is 9.59. The van der Waals surface area contributed by atoms with Crippen LogP contribution in [-0.2, 0) is 20.0 Å². The minimum atomic E-state index is -3.00. The fourth-order valence-electron chi connectivity index (χ4n) is 7.10. The van der Waals surface area contributed by atoms with Crippen LogP contribution in [0.15, 0.2) is 65.7 Å². The van der Waals surface area contributed by atoms with Gasteiger partial charge in [-0.3, -0.25) is 14.7 Å². The van der Waals surface area contributed by atoms with E-state index in [0.29, 0.717) is 53.8 Å². The van der Waals surface area contributed by atoms with Gasteiger partial charge >= 0.3 is 0 Å². The van der Waals surface area contributed by atoms with Gasteiger partial charge in [0, 0.05) is 60.5 Å². The van der Waals surface area contributed by atoms with Crippen molar-refractivity contribution in [3.63, 3.8) is 0 Å². The molecule has 3 atom stereocenters. The lowest BCUT2D eigenvalue weighted by Gasteiger charge is -2.47. The molecule has 3 aromatic carbocycles. The van der Waals surface area contributed by atoms with Gasteiger partial charge in [0.1, 0.15) is 26.9 Å². The SMILES string of the molecule is Cc1ccc(F)cc1[C@@H]1N=C(N2CCN(CCCS(C)(=O)=O)CC2)C[C@H](c2cccc(Cl)c2)[C@@]12C(=O)Nc1cc(Cl)ccc12. The van der Waals surface area contributed by atoms with E-state index in [1.54, 1.807) is 18.2 Å². The molecule has 1 saturated heterocycles. The van der Waals surface area contributed by atoms with Crippen LogP contribution in [0.25, 0.3) is 0 Å². The number of amides is 1. The van der Waals surface area contributed by atoms with Crippen molar-refractivity contribution in [1.82, 2.24) is 9.80 Å². The summed E-state index contributed by atoms with van der Waals surface area (Å²) in [6.45, 7) is 5.58. The number of nitrogens with zero attached hydrogens (tertiary/aromatic N) is 3. The van der Waals surface area contributed by atoms with Crippen molar-refractivity contribution in [3.05, 3.63) is 98.8 Å². The Kier molecular flexibility index (Phi) is 8.52. The zero-order valence-electron chi connectivity index (χ0n) is 24.7. The van der Waals surface area contributed by atoms with Crippen molar-refractivity contribution in [3.8, 4) is 0 Å². The van der Waals surface area contributed by atoms with Gasteiger partial charge in [-0.05, 0) is 78.5 Å². The first-order valence-electron chi connectivity index (χ1n) is 14.8. The van der Waals surface area contributed by atoms with E-state index in [2.05, 4.69) is 15.1 Å². The van der Waals surface area contributed by atoms with Crippen LogP contribution in [0, 0.1) is 12.7 Å². The number of fused-ring (bicyclic) bond motifs is 2. The smallest absolute Gasteiger partial charge is 0.238 e. The number of piperazine rings is 1. The first kappa shape index (κ1) is 31.0. The molecule has 3 aliphatic rings. The van der Waals surface area contributed by atoms with E-state index in [4.69, 9.17) is 28.2 Å². The van der Waals surface area contributed by atoms with Gasteiger partial charge in [0.2, 0.25) is 5.91 Å². The largest absolute Gasteiger partial charge is 0.358 e. The van der Waals surface area contributed by atoms with Gasteiger partial charge in [-0.2, -0.15) is 0 Å². The van der Waals surface area contributed by atoms with Gasteiger partial charge in [0.15, 0.2) is 0 Å². The number of sulfone groups is 1. The van der Waals surface area contributed by atoms with Crippen molar-refractivity contribution < 1.29 is 17.6 Å². The van der Waals surface area contributed by atoms with E-state index in [1.807, 2.05) is 37.3 Å². The average molecular weight is 658 g/mol. The van der Waals surface area contributed by atoms with E-state index in [0.717, 1.165) is 35.6 Å². The van der Waals surface area contributed by atoms with Crippen LogP contribution in [0.5, 0.6) is 0 Å². The van der Waals surface area contributed by atoms with Crippen molar-refractivity contribution >= 4 is 50.5 Å². The second-order valence-corrected chi connectivity index (χ2v) is 15.2. The molecular formula is C33H35Cl2FN4O3S. The molecule has 0 saturated carbocycles. The van der Waals surface area contributed by atoms with Crippen molar-refractivity contribution in [2.45, 2.75) is 37.1 Å². The number of hydrogen-bond acceptors (Lipinski definition) is 6. The summed E-state index contributed by atoms with van der Waals surface area (Å²) >= 11 is 12.9. The molecule has 1 spiro atoms. The zero-order chi connectivity index (χ0) is 31.2. The normalized spacial score (nSPS) is 23.9. The van der Waals surface area contributed by atoms with Gasteiger partial charge in [-0.15, -0.1) is 0 Å². The Bertz CT molecular complexity index is 1740. The molecule has 0 unspecified atom stereocenters. The molecule has 3 aromatic rings. The minimum absolute atomic E-state index is 0.173. The fourth-order valence-corrected chi connectivity index (χ4v) is 8.12. The molecule has 44 heavy (non-hydrogen) atoms. The van der Waals surface area contributed by atoms with Gasteiger partial charge in [-0.1, -0.05) is 47.5 Å². The molecule has 232 valence electrons. The molecule has 6 rings (SSSR count). The third-order valence-electron chi connectivity index (χ3n) is 9.21. The number of aryl methyl sites for hydroxylation is 1. The number of carbonyl (C=O) groups excluding carboxylic acids is 1. The fraction of sp³-hybridized carbons (Fsp3) is 0.394. The van der Waals surface area contributed by atoms with Crippen molar-refractivity contribution in [2.24, 2.45) is 4.99 Å². The molecule has 1 N–H and O–H groups in total. The number of aliphatic imine (C=N–C) groups is 1. The molecular weight excluding hydrogens is 622 g/mol. The highest BCUT2D eigenvalue weighted by Gasteiger charge is 2.61. The molecule has 0 aromatic heterocycles. The van der Waals surface area contributed by atoms with Crippen LogP contribution in [0.2, 0.25) is 10.0 Å². The van der Waals surface area contributed by atoms with E-state index in [-0.39, 0.29) is 23.4 Å². The summed E-state index contributed by atoms with van der Waals surface area (Å²) in [5.41, 5.74) is 2.64. The number of hydrogen-bond donors (Lipinski definition) is 1. The highest BCUT2D eigenvalue weighted by Crippen LogP contribution is 2.59. The van der Waals surface area contributed by atoms with Crippen LogP contribution < -0.4 is 5.32 Å². The third-order valence-corrected chi connectivity index (χ3v) is 10.7. The van der Waals surface area contributed by atoms with E-state index in [1.165, 1.54) is 18.4 Å². The predicted molar refractivity (Wildman–Crippen MR) is 174 cm³/mol. The van der Waals surface area contributed by atoms with Crippen LogP contribution in [0.4, 0.5) is 10.1 Å². The molecule has 0 radical (unpaired) electrons. The first-order valence-corrected chi connectivity index (χ1v) is 17.6. The minimum Gasteiger partial charge on any atom is -0.358 e. The number of benzene rings is 3. The summed E-state index contributed by atoms with van der Waals surface area (Å²) in [6, 6.07) is 17.0. The summed E-state index contributed by atoms with van der Waals surface area (Å²) in [6.07, 6.45) is 2.34. The lowest BCUT2D eigenvalue weighted by molar-refractivity contribution is -0.122. The summed E-state index contributed by atoms with van der Waals surface area (Å²) in [5, 5.41) is 4.17. The Morgan fingerprint density at radius 1 is 1.02 bits per heavy atom. The average Bonchev–Trinajstić information content (AvgIpc) is 3.25. The monoisotopic (exact) mass is 656 g/mol. The maximum Gasteiger partial charge on any atom is 0.238 e. The second kappa shape index (κ2) is 12.1. The van der Waals surface area contributed by atoms with Crippen molar-refractivity contribution in [2.75, 3.05) is 50.0 Å². The van der Waals surface area contributed by atoms with Crippen molar-refractivity contribution in [1.29, 1.82) is 0 Å². The maximum absolute atomic E-state index is 14.9. The van der Waals surface area contributed by atoms with Gasteiger partial charge in [0.05, 0.1) is 11.8 Å². The molecule has 3 aliphatic heterocycles. The molecule has 1 fully saturated rings. The Morgan fingerprint density at radius 2 is 1.77 bits per heavy atom. The Labute approximate surface area is 268 Å². The zero-order valence-corrected chi connectivity index (χ0v) is 27.0. The summed E-state index contributed by atoms with van der Waals surface area (Å²) < 4.78 is 38.1. The summed E-state index contributed by atoms with van der Waals surface area (Å²) in [5.74, 6) is 0.0794. The number of rotatable bonds is 6. The van der Waals surface area contributed by atoms with E-state index < -0.39 is 21.3 Å². The number of anilines is 1. The lowest BCUT2D eigenvalue weighted by Crippen LogP contribution is -2.54. The molecule has 7 nitrogen and oxygen atoms in total. The number of halogens is 3. The Hall–Kier alpha value is -2.98. The third kappa shape index (κ3) is 5.87. The Balaban J connectivity index is 1.46. The van der Waals surface area contributed by atoms with E-state index >= 15 is 0 Å². The maximum atomic E-state index is 14.9. The van der Waals surface area contributed by atoms with Crippen LogP contribution in [-0.4, -0.2) is 74.7 Å². The number of amidine groups is 1. The molecule has 0 aliphatic carbocycles. The van der Waals surface area contributed by atoms with Crippen LogP contribution >= 0.6 is 23.2 Å². The standard InChI is InChI=1S/C33H35Cl2FN4O3S/c1-21-7-9-25(36)19-26(21)31-33(27-10-8-24(35)18-29(27)37-32(33)41)28(22-5-3-6-23(34)17-22)20-30(38-31)40-14-12-39(13-15-40)11-4-16-44(2,42)43/h3,5-10,17-19,28,31H,4,11-16,20H2,1-2H3,(H,37,41)/t28-,31+,33-/m1/s1. The molecule has 3 heterocycles. The predicted octanol–water partition coefficient (Wildman–Crippen LogP) is 6.01. The van der Waals surface area contributed by atoms with Gasteiger partial charge < -0.3 is 10.2 Å². The number of nitrogens with one attached hydrogen (secondary N) is 1. The second-order valence-electron chi connectivity index (χ2n) is 12.1. The quantitative estimate of drug-likeness (QED) is 0.351. The van der Waals surface area contributed by atoms with Crippen LogP contribution in [0.1, 0.15) is 47.1 Å². The highest BCUT2D eigenvalue weighted by molar-refractivity contribution is 7.90. The number of carbonyl (C=O) groups is 1. The van der Waals surface area contributed by atoms with Crippen LogP contribution in [0.3, 0.4) is 0 Å². The first-order chi connectivity index (χ1) is 21.0. The highest BCUT2D eigenvalue weighted by atomic mass is 35.5. The Morgan fingerprint density at radius 3 is 2.50 bits per heavy atom. The van der Waals surface area contributed by atoms with Gasteiger partial charge in [0.25, 0.3) is 0 Å². The topological polar surface area (TPSA) is 82.1 Å². The molecule has 11 heteroatoms. The van der Waals surface area contributed by atoms with Gasteiger partial charge in [-0.25, -0.2) is 12.8 Å². The summed E-state index contributed by atoms with van der Waals surface area (Å²) in [4.78, 5) is 24.3. The molecule has 0 bridgehead atoms. The van der Waals surface area contributed by atoms with E-state index in [9.17, 15) is 17.6 Å².